The SMILES string of the molecule is CCC(C)N(C)S(=O)(=O)c1n[nH]c(C)c1CNC(C)C. The largest absolute Gasteiger partial charge is 0.310 e. The fourth-order valence-corrected chi connectivity index (χ4v) is 3.38. The van der Waals surface area contributed by atoms with Crippen LogP contribution in [0.2, 0.25) is 0 Å². The summed E-state index contributed by atoms with van der Waals surface area (Å²) in [5.41, 5.74) is 1.50. The Kier molecular flexibility index (Phi) is 5.73. The van der Waals surface area contributed by atoms with E-state index in [9.17, 15) is 8.42 Å². The third-order valence-electron chi connectivity index (χ3n) is 3.56. The van der Waals surface area contributed by atoms with E-state index in [2.05, 4.69) is 15.5 Å². The lowest BCUT2D eigenvalue weighted by atomic mass is 10.2. The van der Waals surface area contributed by atoms with Crippen molar-refractivity contribution in [2.24, 2.45) is 0 Å². The Bertz CT molecular complexity index is 537. The number of hydrogen-bond acceptors (Lipinski definition) is 4. The lowest BCUT2D eigenvalue weighted by Crippen LogP contribution is -2.35. The number of nitrogens with one attached hydrogen (secondary N) is 2. The number of aromatic nitrogens is 2. The average Bonchev–Trinajstić information content (AvgIpc) is 2.76. The molecule has 20 heavy (non-hydrogen) atoms. The molecule has 1 rings (SSSR count). The van der Waals surface area contributed by atoms with Crippen LogP contribution < -0.4 is 5.32 Å². The Hall–Kier alpha value is -0.920. The number of sulfonamides is 1. The van der Waals surface area contributed by atoms with Gasteiger partial charge in [0.05, 0.1) is 0 Å². The van der Waals surface area contributed by atoms with E-state index in [0.29, 0.717) is 12.1 Å². The molecule has 0 fully saturated rings. The minimum absolute atomic E-state index is 0.0529. The number of nitrogens with zero attached hydrogens (tertiary/aromatic N) is 2. The first-order valence-electron chi connectivity index (χ1n) is 6.97. The lowest BCUT2D eigenvalue weighted by Gasteiger charge is -2.22. The van der Waals surface area contributed by atoms with Crippen molar-refractivity contribution in [3.05, 3.63) is 11.3 Å². The zero-order chi connectivity index (χ0) is 15.5. The minimum atomic E-state index is -3.56. The van der Waals surface area contributed by atoms with Gasteiger partial charge in [0, 0.05) is 36.9 Å². The summed E-state index contributed by atoms with van der Waals surface area (Å²) in [6, 6.07) is 0.232. The Morgan fingerprint density at radius 2 is 1.95 bits per heavy atom. The molecule has 0 amide bonds. The van der Waals surface area contributed by atoms with E-state index in [1.165, 1.54) is 4.31 Å². The Morgan fingerprint density at radius 3 is 2.45 bits per heavy atom. The van der Waals surface area contributed by atoms with Gasteiger partial charge in [-0.3, -0.25) is 5.10 Å². The van der Waals surface area contributed by atoms with E-state index in [1.54, 1.807) is 7.05 Å². The lowest BCUT2D eigenvalue weighted by molar-refractivity contribution is 0.378. The standard InChI is InChI=1S/C13H26N4O2S/c1-7-10(4)17(6)20(18,19)13-12(8-14-9(2)3)11(5)15-16-13/h9-10,14H,7-8H2,1-6H3,(H,15,16). The smallest absolute Gasteiger partial charge is 0.262 e. The molecule has 0 saturated heterocycles. The van der Waals surface area contributed by atoms with Crippen molar-refractivity contribution in [3.8, 4) is 0 Å². The monoisotopic (exact) mass is 302 g/mol. The zero-order valence-electron chi connectivity index (χ0n) is 13.2. The summed E-state index contributed by atoms with van der Waals surface area (Å²) in [5.74, 6) is 0. The van der Waals surface area contributed by atoms with E-state index < -0.39 is 10.0 Å². The van der Waals surface area contributed by atoms with E-state index in [0.717, 1.165) is 12.1 Å². The summed E-state index contributed by atoms with van der Waals surface area (Å²) in [4.78, 5) is 0. The molecule has 6 nitrogen and oxygen atoms in total. The summed E-state index contributed by atoms with van der Waals surface area (Å²) in [7, 11) is -1.95. The maximum atomic E-state index is 12.6. The molecule has 2 N–H and O–H groups in total. The molecule has 0 aromatic carbocycles. The summed E-state index contributed by atoms with van der Waals surface area (Å²) >= 11 is 0. The molecule has 1 atom stereocenters. The molecule has 1 aromatic heterocycles. The van der Waals surface area contributed by atoms with Gasteiger partial charge in [0.1, 0.15) is 0 Å². The van der Waals surface area contributed by atoms with Gasteiger partial charge in [-0.05, 0) is 20.3 Å². The second-order valence-corrected chi connectivity index (χ2v) is 7.36. The molecule has 0 radical (unpaired) electrons. The predicted molar refractivity (Wildman–Crippen MR) is 80.0 cm³/mol. The highest BCUT2D eigenvalue weighted by molar-refractivity contribution is 7.89. The first-order valence-corrected chi connectivity index (χ1v) is 8.41. The topological polar surface area (TPSA) is 78.1 Å². The molecule has 0 aliphatic carbocycles. The van der Waals surface area contributed by atoms with Crippen LogP contribution in [0, 0.1) is 6.92 Å². The van der Waals surface area contributed by atoms with E-state index >= 15 is 0 Å². The van der Waals surface area contributed by atoms with Gasteiger partial charge in [-0.25, -0.2) is 8.42 Å². The number of rotatable bonds is 7. The van der Waals surface area contributed by atoms with Crippen molar-refractivity contribution in [3.63, 3.8) is 0 Å². The molecular weight excluding hydrogens is 276 g/mol. The van der Waals surface area contributed by atoms with Gasteiger partial charge in [0.15, 0.2) is 5.03 Å². The van der Waals surface area contributed by atoms with Gasteiger partial charge in [0.2, 0.25) is 0 Å². The average molecular weight is 302 g/mol. The molecule has 1 unspecified atom stereocenters. The zero-order valence-corrected chi connectivity index (χ0v) is 14.0. The van der Waals surface area contributed by atoms with Crippen LogP contribution in [-0.4, -0.2) is 42.1 Å². The second kappa shape index (κ2) is 6.69. The molecule has 0 spiro atoms. The van der Waals surface area contributed by atoms with Gasteiger partial charge in [-0.2, -0.15) is 9.40 Å². The van der Waals surface area contributed by atoms with Gasteiger partial charge in [-0.1, -0.05) is 20.8 Å². The van der Waals surface area contributed by atoms with Crippen molar-refractivity contribution >= 4 is 10.0 Å². The van der Waals surface area contributed by atoms with E-state index in [-0.39, 0.29) is 17.1 Å². The highest BCUT2D eigenvalue weighted by Crippen LogP contribution is 2.21. The Labute approximate surface area is 122 Å². The molecule has 7 heteroatoms. The van der Waals surface area contributed by atoms with Gasteiger partial charge < -0.3 is 5.32 Å². The van der Waals surface area contributed by atoms with Gasteiger partial charge in [-0.15, -0.1) is 0 Å². The Balaban J connectivity index is 3.13. The van der Waals surface area contributed by atoms with E-state index in [1.807, 2.05) is 34.6 Å². The molecule has 0 bridgehead atoms. The number of hydrogen-bond donors (Lipinski definition) is 2. The van der Waals surface area contributed by atoms with Gasteiger partial charge in [0.25, 0.3) is 10.0 Å². The van der Waals surface area contributed by atoms with Crippen LogP contribution in [0.15, 0.2) is 5.03 Å². The molecule has 0 aliphatic rings. The fraction of sp³-hybridized carbons (Fsp3) is 0.769. The van der Waals surface area contributed by atoms with Crippen LogP contribution in [0.1, 0.15) is 45.4 Å². The van der Waals surface area contributed by atoms with Crippen LogP contribution in [0.3, 0.4) is 0 Å². The number of aromatic amines is 1. The van der Waals surface area contributed by atoms with Crippen LogP contribution in [0.5, 0.6) is 0 Å². The van der Waals surface area contributed by atoms with Crippen LogP contribution in [-0.2, 0) is 16.6 Å². The van der Waals surface area contributed by atoms with Crippen molar-refractivity contribution in [1.29, 1.82) is 0 Å². The Morgan fingerprint density at radius 1 is 1.35 bits per heavy atom. The van der Waals surface area contributed by atoms with Crippen LogP contribution in [0.25, 0.3) is 0 Å². The summed E-state index contributed by atoms with van der Waals surface area (Å²) < 4.78 is 26.6. The number of aryl methyl sites for hydroxylation is 1. The summed E-state index contributed by atoms with van der Waals surface area (Å²) in [5, 5.41) is 10.2. The maximum Gasteiger partial charge on any atom is 0.262 e. The van der Waals surface area contributed by atoms with Crippen molar-refractivity contribution < 1.29 is 8.42 Å². The molecule has 116 valence electrons. The summed E-state index contributed by atoms with van der Waals surface area (Å²) in [6.45, 7) is 10.2. The summed E-state index contributed by atoms with van der Waals surface area (Å²) in [6.07, 6.45) is 0.763. The van der Waals surface area contributed by atoms with Gasteiger partial charge >= 0.3 is 0 Å². The maximum absolute atomic E-state index is 12.6. The fourth-order valence-electron chi connectivity index (χ4n) is 1.79. The first-order chi connectivity index (χ1) is 9.21. The van der Waals surface area contributed by atoms with Crippen molar-refractivity contribution in [2.45, 2.75) is 64.7 Å². The molecule has 0 aliphatic heterocycles. The highest BCUT2D eigenvalue weighted by atomic mass is 32.2. The highest BCUT2D eigenvalue weighted by Gasteiger charge is 2.30. The molecular formula is C13H26N4O2S. The predicted octanol–water partition coefficient (Wildman–Crippen LogP) is 1.64. The van der Waals surface area contributed by atoms with Crippen molar-refractivity contribution in [2.75, 3.05) is 7.05 Å². The van der Waals surface area contributed by atoms with Crippen molar-refractivity contribution in [1.82, 2.24) is 19.8 Å². The molecule has 1 aromatic rings. The first kappa shape index (κ1) is 17.1. The quantitative estimate of drug-likeness (QED) is 0.802. The molecule has 1 heterocycles. The minimum Gasteiger partial charge on any atom is -0.310 e. The van der Waals surface area contributed by atoms with Crippen LogP contribution >= 0.6 is 0 Å². The normalized spacial score (nSPS) is 14.2. The number of H-pyrrole nitrogens is 1. The second-order valence-electron chi connectivity index (χ2n) is 5.45. The third-order valence-corrected chi connectivity index (χ3v) is 5.50. The van der Waals surface area contributed by atoms with E-state index in [4.69, 9.17) is 0 Å². The third kappa shape index (κ3) is 3.59. The molecule has 0 saturated carbocycles. The van der Waals surface area contributed by atoms with Crippen LogP contribution in [0.4, 0.5) is 0 Å².